The number of carbonyl (C=O) groups is 2. The quantitative estimate of drug-likeness (QED) is 0.544. The molecule has 8 nitrogen and oxygen atoms in total. The molecule has 0 N–H and O–H groups in total. The molecule has 3 aliphatic rings. The number of ether oxygens (including phenoxy) is 1. The second-order valence-electron chi connectivity index (χ2n) is 9.50. The molecule has 6 rings (SSSR count). The second kappa shape index (κ2) is 7.31. The summed E-state index contributed by atoms with van der Waals surface area (Å²) in [6.07, 6.45) is 4.56. The van der Waals surface area contributed by atoms with Crippen molar-refractivity contribution in [1.29, 1.82) is 0 Å². The average Bonchev–Trinajstić information content (AvgIpc) is 3.47. The van der Waals surface area contributed by atoms with Gasteiger partial charge >= 0.3 is 0 Å². The van der Waals surface area contributed by atoms with Gasteiger partial charge in [0, 0.05) is 48.5 Å². The third kappa shape index (κ3) is 3.28. The van der Waals surface area contributed by atoms with Gasteiger partial charge in [-0.2, -0.15) is 0 Å². The molecule has 0 spiro atoms. The molecule has 1 aliphatic carbocycles. The van der Waals surface area contributed by atoms with Gasteiger partial charge in [-0.1, -0.05) is 12.1 Å². The molecule has 33 heavy (non-hydrogen) atoms. The van der Waals surface area contributed by atoms with Crippen LogP contribution >= 0.6 is 0 Å². The van der Waals surface area contributed by atoms with E-state index in [0.29, 0.717) is 36.9 Å². The van der Waals surface area contributed by atoms with Crippen molar-refractivity contribution in [2.75, 3.05) is 18.1 Å². The molecular formula is C25H25N5O3. The Morgan fingerprint density at radius 3 is 2.70 bits per heavy atom. The van der Waals surface area contributed by atoms with E-state index in [1.54, 1.807) is 17.3 Å². The standard InChI is InChI=1S/C25H25N5O3/c1-15(31)21-9-19-20(23(27-21)16-6-7-16)11-30(24(19)32)18-5-3-4-17(8-18)25(12-33-13-25)10-22-28-26-14-29(22)2/h3-5,8-9,14,16H,6-7,10-13H2,1-2H3. The lowest BCUT2D eigenvalue weighted by molar-refractivity contribution is -0.0611. The van der Waals surface area contributed by atoms with Crippen molar-refractivity contribution >= 4 is 17.4 Å². The first-order valence-corrected chi connectivity index (χ1v) is 11.3. The summed E-state index contributed by atoms with van der Waals surface area (Å²) in [7, 11) is 1.94. The number of pyridine rings is 1. The molecule has 0 bridgehead atoms. The van der Waals surface area contributed by atoms with Crippen LogP contribution in [-0.2, 0) is 30.2 Å². The first-order chi connectivity index (χ1) is 15.9. The van der Waals surface area contributed by atoms with Crippen molar-refractivity contribution in [2.24, 2.45) is 7.05 Å². The van der Waals surface area contributed by atoms with Gasteiger partial charge in [-0.15, -0.1) is 10.2 Å². The Morgan fingerprint density at radius 2 is 2.06 bits per heavy atom. The van der Waals surface area contributed by atoms with Crippen LogP contribution in [0.2, 0.25) is 0 Å². The number of hydrogen-bond acceptors (Lipinski definition) is 6. The molecule has 168 valence electrons. The van der Waals surface area contributed by atoms with Crippen LogP contribution in [0.5, 0.6) is 0 Å². The van der Waals surface area contributed by atoms with Crippen LogP contribution in [0.4, 0.5) is 5.69 Å². The topological polar surface area (TPSA) is 90.2 Å². The van der Waals surface area contributed by atoms with Crippen LogP contribution in [0.15, 0.2) is 36.7 Å². The monoisotopic (exact) mass is 443 g/mol. The number of nitrogens with zero attached hydrogens (tertiary/aromatic N) is 5. The van der Waals surface area contributed by atoms with Crippen LogP contribution in [0.3, 0.4) is 0 Å². The van der Waals surface area contributed by atoms with Crippen LogP contribution in [0.1, 0.15) is 69.2 Å². The average molecular weight is 444 g/mol. The fourth-order valence-corrected chi connectivity index (χ4v) is 4.90. The van der Waals surface area contributed by atoms with E-state index in [4.69, 9.17) is 4.74 Å². The number of ketones is 1. The zero-order chi connectivity index (χ0) is 22.7. The molecule has 2 aliphatic heterocycles. The van der Waals surface area contributed by atoms with Gasteiger partial charge in [0.15, 0.2) is 5.78 Å². The van der Waals surface area contributed by atoms with Crippen LogP contribution in [0.25, 0.3) is 0 Å². The van der Waals surface area contributed by atoms with Gasteiger partial charge < -0.3 is 14.2 Å². The van der Waals surface area contributed by atoms with E-state index >= 15 is 0 Å². The Kier molecular flexibility index (Phi) is 4.48. The highest BCUT2D eigenvalue weighted by atomic mass is 16.5. The Bertz CT molecular complexity index is 1290. The fraction of sp³-hybridized carbons (Fsp3) is 0.400. The largest absolute Gasteiger partial charge is 0.379 e. The summed E-state index contributed by atoms with van der Waals surface area (Å²) in [5, 5.41) is 8.27. The number of amides is 1. The minimum absolute atomic E-state index is 0.0684. The number of carbonyl (C=O) groups excluding carboxylic acids is 2. The maximum atomic E-state index is 13.5. The highest BCUT2D eigenvalue weighted by Gasteiger charge is 2.43. The van der Waals surface area contributed by atoms with E-state index < -0.39 is 0 Å². The van der Waals surface area contributed by atoms with Gasteiger partial charge in [0.1, 0.15) is 17.8 Å². The maximum Gasteiger partial charge on any atom is 0.259 e. The predicted molar refractivity (Wildman–Crippen MR) is 120 cm³/mol. The number of anilines is 1. The smallest absolute Gasteiger partial charge is 0.259 e. The SMILES string of the molecule is CC(=O)c1cc2c(c(C3CC3)n1)CN(c1cccc(C3(Cc4nncn4C)COC3)c1)C2=O. The second-order valence-corrected chi connectivity index (χ2v) is 9.50. The summed E-state index contributed by atoms with van der Waals surface area (Å²) < 4.78 is 7.56. The van der Waals surface area contributed by atoms with Crippen molar-refractivity contribution in [3.05, 3.63) is 70.6 Å². The highest BCUT2D eigenvalue weighted by Crippen LogP contribution is 2.44. The molecule has 1 amide bonds. The summed E-state index contributed by atoms with van der Waals surface area (Å²) in [5.41, 5.74) is 4.69. The molecule has 0 radical (unpaired) electrons. The number of rotatable bonds is 6. The lowest BCUT2D eigenvalue weighted by atomic mass is 9.75. The third-order valence-corrected chi connectivity index (χ3v) is 7.10. The van der Waals surface area contributed by atoms with E-state index in [1.807, 2.05) is 23.7 Å². The molecule has 2 fully saturated rings. The van der Waals surface area contributed by atoms with E-state index in [-0.39, 0.29) is 17.1 Å². The molecule has 0 atom stereocenters. The molecule has 1 saturated heterocycles. The van der Waals surface area contributed by atoms with Gasteiger partial charge in [0.25, 0.3) is 5.91 Å². The van der Waals surface area contributed by atoms with Gasteiger partial charge in [-0.3, -0.25) is 9.59 Å². The van der Waals surface area contributed by atoms with Crippen molar-refractivity contribution in [3.8, 4) is 0 Å². The van der Waals surface area contributed by atoms with Crippen molar-refractivity contribution in [1.82, 2.24) is 19.7 Å². The number of benzene rings is 1. The van der Waals surface area contributed by atoms with E-state index in [0.717, 1.165) is 47.6 Å². The number of Topliss-reactive ketones (excluding diaryl/α,β-unsaturated/α-hetero) is 1. The van der Waals surface area contributed by atoms with Crippen LogP contribution in [0, 0.1) is 0 Å². The van der Waals surface area contributed by atoms with E-state index in [1.165, 1.54) is 6.92 Å². The summed E-state index contributed by atoms with van der Waals surface area (Å²) in [6, 6.07) is 9.84. The third-order valence-electron chi connectivity index (χ3n) is 7.10. The van der Waals surface area contributed by atoms with E-state index in [9.17, 15) is 9.59 Å². The lowest BCUT2D eigenvalue weighted by Gasteiger charge is -2.42. The van der Waals surface area contributed by atoms with Gasteiger partial charge in [0.05, 0.1) is 25.5 Å². The minimum Gasteiger partial charge on any atom is -0.379 e. The predicted octanol–water partition coefficient (Wildman–Crippen LogP) is 2.96. The zero-order valence-electron chi connectivity index (χ0n) is 18.7. The molecular weight excluding hydrogens is 418 g/mol. The fourth-order valence-electron chi connectivity index (χ4n) is 4.90. The van der Waals surface area contributed by atoms with E-state index in [2.05, 4.69) is 27.3 Å². The molecule has 1 aromatic carbocycles. The number of aromatic nitrogens is 4. The molecule has 8 heteroatoms. The molecule has 0 unspecified atom stereocenters. The summed E-state index contributed by atoms with van der Waals surface area (Å²) in [5.74, 6) is 1.09. The lowest BCUT2D eigenvalue weighted by Crippen LogP contribution is -2.49. The molecule has 3 aromatic rings. The van der Waals surface area contributed by atoms with Gasteiger partial charge in [-0.25, -0.2) is 4.98 Å². The molecule has 4 heterocycles. The van der Waals surface area contributed by atoms with Crippen LogP contribution < -0.4 is 4.90 Å². The zero-order valence-corrected chi connectivity index (χ0v) is 18.7. The first-order valence-electron chi connectivity index (χ1n) is 11.3. The maximum absolute atomic E-state index is 13.5. The van der Waals surface area contributed by atoms with Crippen LogP contribution in [-0.4, -0.2) is 44.7 Å². The number of fused-ring (bicyclic) bond motifs is 1. The normalized spacial score (nSPS) is 18.8. The van der Waals surface area contributed by atoms with Gasteiger partial charge in [-0.05, 0) is 36.6 Å². The molecule has 1 saturated carbocycles. The number of aryl methyl sites for hydroxylation is 1. The minimum atomic E-state index is -0.186. The summed E-state index contributed by atoms with van der Waals surface area (Å²) in [6.45, 7) is 3.20. The highest BCUT2D eigenvalue weighted by molar-refractivity contribution is 6.11. The first kappa shape index (κ1) is 20.2. The Labute approximate surface area is 191 Å². The summed E-state index contributed by atoms with van der Waals surface area (Å²) >= 11 is 0. The van der Waals surface area contributed by atoms with Gasteiger partial charge in [0.2, 0.25) is 0 Å². The van der Waals surface area contributed by atoms with Crippen molar-refractivity contribution in [3.63, 3.8) is 0 Å². The Morgan fingerprint density at radius 1 is 1.24 bits per heavy atom. The molecule has 2 aromatic heterocycles. The Balaban J connectivity index is 1.35. The Hall–Kier alpha value is -3.39. The van der Waals surface area contributed by atoms with Crippen molar-refractivity contribution < 1.29 is 14.3 Å². The van der Waals surface area contributed by atoms with Crippen molar-refractivity contribution in [2.45, 2.75) is 44.1 Å². The summed E-state index contributed by atoms with van der Waals surface area (Å²) in [4.78, 5) is 31.9. The number of hydrogen-bond donors (Lipinski definition) is 0.